The first-order chi connectivity index (χ1) is 11.7. The second-order valence-electron chi connectivity index (χ2n) is 5.13. The maximum atomic E-state index is 12.9. The molecule has 0 aliphatic rings. The third kappa shape index (κ3) is 4.63. The molecule has 0 amide bonds. The van der Waals surface area contributed by atoms with Gasteiger partial charge in [0.05, 0.1) is 6.20 Å². The van der Waals surface area contributed by atoms with Crippen LogP contribution in [0.3, 0.4) is 0 Å². The third-order valence-corrected chi connectivity index (χ3v) is 3.56. The summed E-state index contributed by atoms with van der Waals surface area (Å²) in [4.78, 5) is 4.34. The Labute approximate surface area is 143 Å². The van der Waals surface area contributed by atoms with Crippen LogP contribution in [0.2, 0.25) is 5.02 Å². The Hall–Kier alpha value is -2.73. The molecule has 0 saturated carbocycles. The first-order valence-corrected chi connectivity index (χ1v) is 7.73. The lowest BCUT2D eigenvalue weighted by Gasteiger charge is -2.08. The molecule has 0 spiro atoms. The second-order valence-corrected chi connectivity index (χ2v) is 5.56. The summed E-state index contributed by atoms with van der Waals surface area (Å²) in [5.74, 6) is 0.757. The fourth-order valence-corrected chi connectivity index (χ4v) is 2.17. The lowest BCUT2D eigenvalue weighted by molar-refractivity contribution is 0.627. The summed E-state index contributed by atoms with van der Waals surface area (Å²) in [6.45, 7) is 1.09. The largest absolute Gasteiger partial charge is 0.365 e. The number of rotatable bonds is 6. The van der Waals surface area contributed by atoms with Crippen molar-refractivity contribution in [3.8, 4) is 0 Å². The summed E-state index contributed by atoms with van der Waals surface area (Å²) in [7, 11) is 0. The monoisotopic (exact) mass is 343 g/mol. The van der Waals surface area contributed by atoms with Crippen LogP contribution in [0.1, 0.15) is 11.1 Å². The zero-order chi connectivity index (χ0) is 16.8. The van der Waals surface area contributed by atoms with E-state index >= 15 is 0 Å². The second kappa shape index (κ2) is 7.70. The van der Waals surface area contributed by atoms with E-state index in [1.807, 2.05) is 24.3 Å². The van der Waals surface area contributed by atoms with Crippen LogP contribution in [-0.2, 0) is 13.1 Å². The summed E-state index contributed by atoms with van der Waals surface area (Å²) < 4.78 is 12.9. The van der Waals surface area contributed by atoms with Gasteiger partial charge in [0.25, 0.3) is 0 Å². The predicted molar refractivity (Wildman–Crippen MR) is 92.3 cm³/mol. The molecule has 0 saturated heterocycles. The highest BCUT2D eigenvalue weighted by molar-refractivity contribution is 6.30. The summed E-state index contributed by atoms with van der Waals surface area (Å²) in [6, 6.07) is 13.8. The molecule has 3 rings (SSSR count). The zero-order valence-electron chi connectivity index (χ0n) is 12.7. The Kier molecular flexibility index (Phi) is 5.18. The Balaban J connectivity index is 1.57. The first-order valence-electron chi connectivity index (χ1n) is 7.35. The van der Waals surface area contributed by atoms with Crippen molar-refractivity contribution in [2.45, 2.75) is 13.1 Å². The summed E-state index contributed by atoms with van der Waals surface area (Å²) in [5.41, 5.74) is 2.01. The van der Waals surface area contributed by atoms with E-state index in [4.69, 9.17) is 11.6 Å². The van der Waals surface area contributed by atoms with Gasteiger partial charge in [-0.2, -0.15) is 10.1 Å². The summed E-state index contributed by atoms with van der Waals surface area (Å²) in [5, 5.41) is 14.8. The molecule has 0 bridgehead atoms. The van der Waals surface area contributed by atoms with Gasteiger partial charge in [0.1, 0.15) is 5.82 Å². The van der Waals surface area contributed by atoms with E-state index in [1.54, 1.807) is 18.3 Å². The van der Waals surface area contributed by atoms with Gasteiger partial charge < -0.3 is 10.6 Å². The van der Waals surface area contributed by atoms with E-state index in [-0.39, 0.29) is 5.82 Å². The van der Waals surface area contributed by atoms with Gasteiger partial charge >= 0.3 is 0 Å². The quantitative estimate of drug-likeness (QED) is 0.711. The van der Waals surface area contributed by atoms with Crippen LogP contribution in [0.15, 0.2) is 54.7 Å². The van der Waals surface area contributed by atoms with Crippen molar-refractivity contribution >= 4 is 23.4 Å². The summed E-state index contributed by atoms with van der Waals surface area (Å²) in [6.07, 6.45) is 1.55. The molecule has 0 aliphatic heterocycles. The van der Waals surface area contributed by atoms with Gasteiger partial charge in [-0.05, 0) is 35.4 Å². The molecule has 2 N–H and O–H groups in total. The third-order valence-electron chi connectivity index (χ3n) is 3.31. The number of nitrogens with one attached hydrogen (secondary N) is 2. The summed E-state index contributed by atoms with van der Waals surface area (Å²) >= 11 is 5.86. The maximum Gasteiger partial charge on any atom is 0.244 e. The zero-order valence-corrected chi connectivity index (χ0v) is 13.5. The van der Waals surface area contributed by atoms with Crippen LogP contribution >= 0.6 is 11.6 Å². The minimum absolute atomic E-state index is 0.259. The number of nitrogens with zero attached hydrogens (tertiary/aromatic N) is 3. The van der Waals surface area contributed by atoms with E-state index in [0.717, 1.165) is 11.1 Å². The van der Waals surface area contributed by atoms with Gasteiger partial charge in [-0.25, -0.2) is 4.39 Å². The van der Waals surface area contributed by atoms with Crippen molar-refractivity contribution in [3.05, 3.63) is 76.7 Å². The minimum atomic E-state index is -0.259. The van der Waals surface area contributed by atoms with Crippen LogP contribution in [0.5, 0.6) is 0 Å². The molecule has 0 fully saturated rings. The normalized spacial score (nSPS) is 10.4. The van der Waals surface area contributed by atoms with Crippen LogP contribution in [0, 0.1) is 5.82 Å². The maximum absolute atomic E-state index is 12.9. The van der Waals surface area contributed by atoms with Crippen molar-refractivity contribution in [1.82, 2.24) is 15.2 Å². The highest BCUT2D eigenvalue weighted by Gasteiger charge is 2.01. The van der Waals surface area contributed by atoms with Crippen LogP contribution in [0.4, 0.5) is 16.2 Å². The molecule has 2 aromatic carbocycles. The lowest BCUT2D eigenvalue weighted by Crippen LogP contribution is -2.08. The van der Waals surface area contributed by atoms with Crippen molar-refractivity contribution < 1.29 is 4.39 Å². The molecule has 122 valence electrons. The highest BCUT2D eigenvalue weighted by Crippen LogP contribution is 2.12. The lowest BCUT2D eigenvalue weighted by atomic mass is 10.2. The van der Waals surface area contributed by atoms with Gasteiger partial charge in [0.2, 0.25) is 5.95 Å². The first kappa shape index (κ1) is 16.1. The number of hydrogen-bond acceptors (Lipinski definition) is 5. The SMILES string of the molecule is Fc1ccc(CNc2nncc(NCc3ccc(Cl)cc3)n2)cc1. The highest BCUT2D eigenvalue weighted by atomic mass is 35.5. The average molecular weight is 344 g/mol. The minimum Gasteiger partial charge on any atom is -0.365 e. The van der Waals surface area contributed by atoms with Gasteiger partial charge in [-0.1, -0.05) is 35.9 Å². The molecule has 3 aromatic rings. The Morgan fingerprint density at radius 3 is 2.21 bits per heavy atom. The van der Waals surface area contributed by atoms with Gasteiger partial charge in [-0.3, -0.25) is 0 Å². The molecular formula is C17H15ClFN5. The number of benzene rings is 2. The van der Waals surface area contributed by atoms with E-state index in [9.17, 15) is 4.39 Å². The van der Waals surface area contributed by atoms with Gasteiger partial charge in [-0.15, -0.1) is 5.10 Å². The molecule has 0 radical (unpaired) electrons. The van der Waals surface area contributed by atoms with E-state index in [0.29, 0.717) is 29.9 Å². The van der Waals surface area contributed by atoms with Crippen LogP contribution in [0.25, 0.3) is 0 Å². The smallest absolute Gasteiger partial charge is 0.244 e. The number of hydrogen-bond donors (Lipinski definition) is 2. The Bertz CT molecular complexity index is 728. The van der Waals surface area contributed by atoms with Crippen LogP contribution in [-0.4, -0.2) is 15.2 Å². The van der Waals surface area contributed by atoms with Gasteiger partial charge in [0, 0.05) is 18.1 Å². The van der Waals surface area contributed by atoms with Crippen molar-refractivity contribution in [3.63, 3.8) is 0 Å². The predicted octanol–water partition coefficient (Wildman–Crippen LogP) is 3.89. The molecule has 1 aromatic heterocycles. The average Bonchev–Trinajstić information content (AvgIpc) is 2.61. The Morgan fingerprint density at radius 1 is 0.875 bits per heavy atom. The molecule has 0 atom stereocenters. The van der Waals surface area contributed by atoms with E-state index in [2.05, 4.69) is 25.8 Å². The Morgan fingerprint density at radius 2 is 1.50 bits per heavy atom. The standard InChI is InChI=1S/C17H15ClFN5/c18-14-5-1-12(2-6-14)9-20-16-11-22-24-17(23-16)21-10-13-3-7-15(19)8-4-13/h1-8,11H,9-10H2,(H2,20,21,23,24). The fourth-order valence-electron chi connectivity index (χ4n) is 2.04. The number of aromatic nitrogens is 3. The van der Waals surface area contributed by atoms with E-state index in [1.165, 1.54) is 12.1 Å². The van der Waals surface area contributed by atoms with Crippen LogP contribution < -0.4 is 10.6 Å². The van der Waals surface area contributed by atoms with Crippen molar-refractivity contribution in [1.29, 1.82) is 0 Å². The molecule has 5 nitrogen and oxygen atoms in total. The topological polar surface area (TPSA) is 62.7 Å². The van der Waals surface area contributed by atoms with Crippen molar-refractivity contribution in [2.75, 3.05) is 10.6 Å². The molecule has 24 heavy (non-hydrogen) atoms. The molecular weight excluding hydrogens is 329 g/mol. The van der Waals surface area contributed by atoms with Crippen molar-refractivity contribution in [2.24, 2.45) is 0 Å². The number of halogens is 2. The molecule has 0 unspecified atom stereocenters. The van der Waals surface area contributed by atoms with Gasteiger partial charge in [0.15, 0.2) is 5.82 Å². The molecule has 0 aliphatic carbocycles. The molecule has 7 heteroatoms. The fraction of sp³-hybridized carbons (Fsp3) is 0.118. The van der Waals surface area contributed by atoms with E-state index < -0.39 is 0 Å². The molecule has 1 heterocycles. The number of anilines is 2.